The predicted molar refractivity (Wildman–Crippen MR) is 74.5 cm³/mol. The van der Waals surface area contributed by atoms with Gasteiger partial charge in [0.1, 0.15) is 18.4 Å². The van der Waals surface area contributed by atoms with E-state index in [0.717, 1.165) is 6.26 Å². The minimum Gasteiger partial charge on any atom is -0.491 e. The van der Waals surface area contributed by atoms with Gasteiger partial charge >= 0.3 is 5.97 Å². The number of carbonyl (C=O) groups is 1. The molecule has 1 aromatic carbocycles. The zero-order valence-electron chi connectivity index (χ0n) is 11.8. The molecule has 0 saturated heterocycles. The first kappa shape index (κ1) is 16.5. The Morgan fingerprint density at radius 1 is 1.30 bits per heavy atom. The van der Waals surface area contributed by atoms with Gasteiger partial charge in [-0.25, -0.2) is 8.42 Å². The summed E-state index contributed by atoms with van der Waals surface area (Å²) in [5.41, 5.74) is 0. The van der Waals surface area contributed by atoms with Crippen LogP contribution in [0.2, 0.25) is 0 Å². The molecule has 0 fully saturated rings. The molecule has 1 unspecified atom stereocenters. The topological polar surface area (TPSA) is 81.7 Å². The number of benzene rings is 1. The van der Waals surface area contributed by atoms with E-state index in [-0.39, 0.29) is 11.5 Å². The number of nitrogens with one attached hydrogen (secondary N) is 1. The van der Waals surface area contributed by atoms with Crippen LogP contribution in [0.25, 0.3) is 0 Å². The van der Waals surface area contributed by atoms with Crippen LogP contribution in [0.4, 0.5) is 0 Å². The summed E-state index contributed by atoms with van der Waals surface area (Å²) >= 11 is 0. The van der Waals surface area contributed by atoms with E-state index in [1.165, 1.54) is 19.2 Å². The number of methoxy groups -OCH3 is 1. The summed E-state index contributed by atoms with van der Waals surface area (Å²) in [5.74, 6) is 0.0869. The molecule has 0 saturated carbocycles. The average Bonchev–Trinajstić information content (AvgIpc) is 2.42. The van der Waals surface area contributed by atoms with E-state index in [2.05, 4.69) is 10.1 Å². The van der Waals surface area contributed by atoms with Gasteiger partial charge in [0.2, 0.25) is 0 Å². The van der Waals surface area contributed by atoms with Crippen LogP contribution in [0.15, 0.2) is 29.2 Å². The Morgan fingerprint density at radius 2 is 1.90 bits per heavy atom. The van der Waals surface area contributed by atoms with Crippen molar-refractivity contribution in [2.45, 2.75) is 17.9 Å². The third-order valence-electron chi connectivity index (χ3n) is 2.60. The molecule has 20 heavy (non-hydrogen) atoms. The summed E-state index contributed by atoms with van der Waals surface area (Å²) in [6, 6.07) is 5.48. The fourth-order valence-electron chi connectivity index (χ4n) is 1.56. The maximum absolute atomic E-state index is 11.5. The number of carbonyl (C=O) groups excluding carboxylic acids is 1. The minimum atomic E-state index is -3.22. The minimum absolute atomic E-state index is 0.110. The van der Waals surface area contributed by atoms with E-state index in [0.29, 0.717) is 12.3 Å². The second-order valence-corrected chi connectivity index (χ2v) is 6.20. The number of sulfone groups is 1. The number of rotatable bonds is 7. The summed E-state index contributed by atoms with van der Waals surface area (Å²) in [7, 11) is -1.91. The first-order valence-electron chi connectivity index (χ1n) is 6.12. The van der Waals surface area contributed by atoms with Crippen molar-refractivity contribution in [1.29, 1.82) is 0 Å². The molecule has 0 aliphatic carbocycles. The maximum Gasteiger partial charge on any atom is 0.326 e. The summed E-state index contributed by atoms with van der Waals surface area (Å²) in [4.78, 5) is 11.7. The van der Waals surface area contributed by atoms with E-state index in [1.54, 1.807) is 12.1 Å². The molecular weight excluding hydrogens is 282 g/mol. The van der Waals surface area contributed by atoms with Crippen molar-refractivity contribution < 1.29 is 22.7 Å². The van der Waals surface area contributed by atoms with Crippen LogP contribution in [0.1, 0.15) is 6.92 Å². The number of hydrogen-bond donors (Lipinski definition) is 1. The highest BCUT2D eigenvalue weighted by molar-refractivity contribution is 7.90. The quantitative estimate of drug-likeness (QED) is 0.744. The van der Waals surface area contributed by atoms with E-state index in [9.17, 15) is 13.2 Å². The molecular formula is C13H19NO5S. The predicted octanol–water partition coefficient (Wildman–Crippen LogP) is 0.620. The van der Waals surface area contributed by atoms with E-state index in [4.69, 9.17) is 4.74 Å². The first-order chi connectivity index (χ1) is 9.38. The van der Waals surface area contributed by atoms with Crippen molar-refractivity contribution in [1.82, 2.24) is 5.32 Å². The van der Waals surface area contributed by atoms with Crippen molar-refractivity contribution >= 4 is 15.8 Å². The molecule has 7 heteroatoms. The molecule has 112 valence electrons. The third kappa shape index (κ3) is 4.82. The molecule has 0 aromatic heterocycles. The second kappa shape index (κ2) is 7.25. The Morgan fingerprint density at radius 3 is 2.35 bits per heavy atom. The molecule has 1 N–H and O–H groups in total. The van der Waals surface area contributed by atoms with Gasteiger partial charge in [-0.1, -0.05) is 6.92 Å². The zero-order valence-corrected chi connectivity index (χ0v) is 12.6. The highest BCUT2D eigenvalue weighted by atomic mass is 32.2. The van der Waals surface area contributed by atoms with Gasteiger partial charge in [-0.2, -0.15) is 0 Å². The third-order valence-corrected chi connectivity index (χ3v) is 3.73. The fraction of sp³-hybridized carbons (Fsp3) is 0.462. The normalized spacial score (nSPS) is 12.8. The molecule has 0 heterocycles. The number of likely N-dealkylation sites (N-methyl/N-ethyl adjacent to an activating group) is 1. The summed E-state index contributed by atoms with van der Waals surface area (Å²) in [6.45, 7) is 2.59. The SMILES string of the molecule is CCNC(COc1ccc(S(C)(=O)=O)cc1)C(=O)OC. The van der Waals surface area contributed by atoms with Crippen LogP contribution in [0, 0.1) is 0 Å². The highest BCUT2D eigenvalue weighted by Gasteiger charge is 2.18. The average molecular weight is 301 g/mol. The van der Waals surface area contributed by atoms with Gasteiger partial charge in [0.05, 0.1) is 12.0 Å². The van der Waals surface area contributed by atoms with Gasteiger partial charge in [-0.05, 0) is 30.8 Å². The van der Waals surface area contributed by atoms with Crippen molar-refractivity contribution in [2.75, 3.05) is 26.5 Å². The Kier molecular flexibility index (Phi) is 5.97. The maximum atomic E-state index is 11.5. The van der Waals surface area contributed by atoms with Crippen LogP contribution in [-0.2, 0) is 19.4 Å². The first-order valence-corrected chi connectivity index (χ1v) is 8.01. The van der Waals surface area contributed by atoms with Gasteiger partial charge in [0.15, 0.2) is 9.84 Å². The Hall–Kier alpha value is -1.60. The molecule has 0 radical (unpaired) electrons. The summed E-state index contributed by atoms with van der Waals surface area (Å²) in [6.07, 6.45) is 1.14. The van der Waals surface area contributed by atoms with Crippen LogP contribution in [0.5, 0.6) is 5.75 Å². The van der Waals surface area contributed by atoms with Crippen molar-refractivity contribution in [2.24, 2.45) is 0 Å². The van der Waals surface area contributed by atoms with Crippen molar-refractivity contribution in [3.05, 3.63) is 24.3 Å². The molecule has 0 aliphatic heterocycles. The molecule has 0 aliphatic rings. The van der Waals surface area contributed by atoms with Gasteiger partial charge in [0.25, 0.3) is 0 Å². The summed E-state index contributed by atoms with van der Waals surface area (Å²) in [5, 5.41) is 2.94. The largest absolute Gasteiger partial charge is 0.491 e. The number of ether oxygens (including phenoxy) is 2. The van der Waals surface area contributed by atoms with Crippen LogP contribution >= 0.6 is 0 Å². The van der Waals surface area contributed by atoms with Crippen LogP contribution in [0.3, 0.4) is 0 Å². The summed E-state index contributed by atoms with van der Waals surface area (Å²) < 4.78 is 32.7. The lowest BCUT2D eigenvalue weighted by Crippen LogP contribution is -2.42. The second-order valence-electron chi connectivity index (χ2n) is 4.19. The number of hydrogen-bond acceptors (Lipinski definition) is 6. The van der Waals surface area contributed by atoms with Crippen molar-refractivity contribution in [3.63, 3.8) is 0 Å². The fourth-order valence-corrected chi connectivity index (χ4v) is 2.19. The Labute approximate surface area is 119 Å². The standard InChI is InChI=1S/C13H19NO5S/c1-4-14-12(13(15)18-2)9-19-10-5-7-11(8-6-10)20(3,16)17/h5-8,12,14H,4,9H2,1-3H3. The lowest BCUT2D eigenvalue weighted by molar-refractivity contribution is -0.143. The number of esters is 1. The smallest absolute Gasteiger partial charge is 0.326 e. The molecule has 0 spiro atoms. The van der Waals surface area contributed by atoms with Gasteiger partial charge in [-0.15, -0.1) is 0 Å². The van der Waals surface area contributed by atoms with E-state index < -0.39 is 21.8 Å². The van der Waals surface area contributed by atoms with Gasteiger partial charge < -0.3 is 14.8 Å². The zero-order chi connectivity index (χ0) is 15.2. The monoisotopic (exact) mass is 301 g/mol. The van der Waals surface area contributed by atoms with Crippen LogP contribution in [-0.4, -0.2) is 46.9 Å². The molecule has 0 amide bonds. The van der Waals surface area contributed by atoms with Gasteiger partial charge in [-0.3, -0.25) is 4.79 Å². The lowest BCUT2D eigenvalue weighted by atomic mass is 10.3. The van der Waals surface area contributed by atoms with E-state index >= 15 is 0 Å². The lowest BCUT2D eigenvalue weighted by Gasteiger charge is -2.16. The Bertz CT molecular complexity index is 538. The molecule has 1 atom stereocenters. The molecule has 1 rings (SSSR count). The van der Waals surface area contributed by atoms with Crippen LogP contribution < -0.4 is 10.1 Å². The Balaban J connectivity index is 2.67. The van der Waals surface area contributed by atoms with E-state index in [1.807, 2.05) is 6.92 Å². The molecule has 1 aromatic rings. The highest BCUT2D eigenvalue weighted by Crippen LogP contribution is 2.16. The van der Waals surface area contributed by atoms with Gasteiger partial charge in [0, 0.05) is 6.26 Å². The molecule has 6 nitrogen and oxygen atoms in total. The van der Waals surface area contributed by atoms with Crippen molar-refractivity contribution in [3.8, 4) is 5.75 Å². The molecule has 0 bridgehead atoms.